The first-order valence-corrected chi connectivity index (χ1v) is 5.44. The van der Waals surface area contributed by atoms with E-state index in [0.717, 1.165) is 11.3 Å². The average molecular weight is 220 g/mol. The fraction of sp³-hybridized carbons (Fsp3) is 0.462. The minimum Gasteiger partial charge on any atom is -0.487 e. The first kappa shape index (κ1) is 11.0. The first-order valence-electron chi connectivity index (χ1n) is 5.44. The zero-order valence-electron chi connectivity index (χ0n) is 9.73. The Morgan fingerprint density at radius 2 is 2.06 bits per heavy atom. The Morgan fingerprint density at radius 3 is 2.69 bits per heavy atom. The fourth-order valence-electron chi connectivity index (χ4n) is 2.57. The summed E-state index contributed by atoms with van der Waals surface area (Å²) < 4.78 is 5.81. The van der Waals surface area contributed by atoms with Crippen molar-refractivity contribution >= 4 is 5.97 Å². The van der Waals surface area contributed by atoms with Crippen molar-refractivity contribution in [2.45, 2.75) is 32.3 Å². The zero-order chi connectivity index (χ0) is 11.9. The van der Waals surface area contributed by atoms with Gasteiger partial charge in [-0.25, -0.2) is 0 Å². The molecule has 2 unspecified atom stereocenters. The van der Waals surface area contributed by atoms with Gasteiger partial charge in [0.2, 0.25) is 0 Å². The third kappa shape index (κ3) is 1.56. The smallest absolute Gasteiger partial charge is 0.306 e. The molecule has 86 valence electrons. The molecule has 0 amide bonds. The Morgan fingerprint density at radius 1 is 1.44 bits per heavy atom. The van der Waals surface area contributed by atoms with E-state index in [1.807, 2.05) is 38.1 Å². The van der Waals surface area contributed by atoms with Gasteiger partial charge in [0.15, 0.2) is 0 Å². The molecule has 1 heterocycles. The summed E-state index contributed by atoms with van der Waals surface area (Å²) in [4.78, 5) is 11.1. The maximum absolute atomic E-state index is 11.1. The number of fused-ring (bicyclic) bond motifs is 1. The highest BCUT2D eigenvalue weighted by atomic mass is 16.5. The molecule has 1 aliphatic heterocycles. The van der Waals surface area contributed by atoms with Gasteiger partial charge >= 0.3 is 5.97 Å². The lowest BCUT2D eigenvalue weighted by Gasteiger charge is -2.29. The van der Waals surface area contributed by atoms with Gasteiger partial charge in [-0.2, -0.15) is 0 Å². The van der Waals surface area contributed by atoms with Crippen molar-refractivity contribution in [3.63, 3.8) is 0 Å². The maximum atomic E-state index is 11.1. The number of aliphatic carboxylic acids is 1. The van der Waals surface area contributed by atoms with E-state index in [1.54, 1.807) is 6.92 Å². The number of carbonyl (C=O) groups is 1. The van der Waals surface area contributed by atoms with Crippen LogP contribution in [0.3, 0.4) is 0 Å². The van der Waals surface area contributed by atoms with E-state index in [2.05, 4.69) is 0 Å². The van der Waals surface area contributed by atoms with Gasteiger partial charge in [-0.15, -0.1) is 0 Å². The molecule has 0 spiro atoms. The molecular weight excluding hydrogens is 204 g/mol. The molecule has 0 fully saturated rings. The average Bonchev–Trinajstić information content (AvgIpc) is 2.46. The van der Waals surface area contributed by atoms with Crippen molar-refractivity contribution < 1.29 is 14.6 Å². The van der Waals surface area contributed by atoms with Gasteiger partial charge in [-0.1, -0.05) is 25.1 Å². The fourth-order valence-corrected chi connectivity index (χ4v) is 2.57. The van der Waals surface area contributed by atoms with Crippen LogP contribution in [0.2, 0.25) is 0 Å². The SMILES string of the molecule is CC(C(=O)O)C1c2ccccc2OC1(C)C. The number of rotatable bonds is 2. The summed E-state index contributed by atoms with van der Waals surface area (Å²) in [5, 5.41) is 9.14. The Hall–Kier alpha value is -1.51. The van der Waals surface area contributed by atoms with Crippen LogP contribution >= 0.6 is 0 Å². The van der Waals surface area contributed by atoms with Gasteiger partial charge in [0.1, 0.15) is 11.4 Å². The van der Waals surface area contributed by atoms with E-state index in [4.69, 9.17) is 9.84 Å². The summed E-state index contributed by atoms with van der Waals surface area (Å²) in [6, 6.07) is 7.67. The molecule has 2 atom stereocenters. The predicted octanol–water partition coefficient (Wildman–Crippen LogP) is 2.66. The molecule has 3 nitrogen and oxygen atoms in total. The van der Waals surface area contributed by atoms with Crippen molar-refractivity contribution in [2.75, 3.05) is 0 Å². The van der Waals surface area contributed by atoms with E-state index in [-0.39, 0.29) is 5.92 Å². The van der Waals surface area contributed by atoms with Crippen LogP contribution in [0, 0.1) is 5.92 Å². The van der Waals surface area contributed by atoms with Crippen LogP contribution in [0.1, 0.15) is 32.3 Å². The lowest BCUT2D eigenvalue weighted by Crippen LogP contribution is -2.36. The molecule has 0 saturated carbocycles. The minimum absolute atomic E-state index is 0.0961. The summed E-state index contributed by atoms with van der Waals surface area (Å²) in [5.41, 5.74) is 0.545. The first-order chi connectivity index (χ1) is 7.43. The molecule has 0 bridgehead atoms. The third-order valence-corrected chi connectivity index (χ3v) is 3.27. The molecule has 1 aromatic rings. The summed E-state index contributed by atoms with van der Waals surface area (Å²) >= 11 is 0. The van der Waals surface area contributed by atoms with Gasteiger partial charge in [0.05, 0.1) is 5.92 Å². The molecule has 1 N–H and O–H groups in total. The second-order valence-corrected chi connectivity index (χ2v) is 4.85. The largest absolute Gasteiger partial charge is 0.487 e. The van der Waals surface area contributed by atoms with Crippen molar-refractivity contribution in [1.29, 1.82) is 0 Å². The van der Waals surface area contributed by atoms with E-state index in [9.17, 15) is 4.79 Å². The highest BCUT2D eigenvalue weighted by molar-refractivity contribution is 5.72. The quantitative estimate of drug-likeness (QED) is 0.833. The number of hydrogen-bond acceptors (Lipinski definition) is 2. The van der Waals surface area contributed by atoms with Crippen LogP contribution < -0.4 is 4.74 Å². The third-order valence-electron chi connectivity index (χ3n) is 3.27. The molecule has 3 heteroatoms. The van der Waals surface area contributed by atoms with Crippen molar-refractivity contribution in [3.8, 4) is 5.75 Å². The van der Waals surface area contributed by atoms with Gasteiger partial charge in [-0.3, -0.25) is 4.79 Å². The highest BCUT2D eigenvalue weighted by Crippen LogP contribution is 2.48. The van der Waals surface area contributed by atoms with Crippen molar-refractivity contribution in [1.82, 2.24) is 0 Å². The highest BCUT2D eigenvalue weighted by Gasteiger charge is 2.45. The number of para-hydroxylation sites is 1. The number of carboxylic acid groups (broad SMARTS) is 1. The number of ether oxygens (including phenoxy) is 1. The Balaban J connectivity index is 2.46. The second kappa shape index (κ2) is 3.51. The number of benzene rings is 1. The van der Waals surface area contributed by atoms with Crippen molar-refractivity contribution in [2.24, 2.45) is 5.92 Å². The van der Waals surface area contributed by atoms with Crippen LogP contribution in [0.15, 0.2) is 24.3 Å². The molecule has 2 rings (SSSR count). The zero-order valence-corrected chi connectivity index (χ0v) is 9.73. The summed E-state index contributed by atoms with van der Waals surface area (Å²) in [6.45, 7) is 5.62. The lowest BCUT2D eigenvalue weighted by molar-refractivity contribution is -0.143. The predicted molar refractivity (Wildman–Crippen MR) is 60.7 cm³/mol. The molecule has 0 radical (unpaired) electrons. The standard InChI is InChI=1S/C13H16O3/c1-8(12(14)15)11-9-6-4-5-7-10(9)16-13(11,2)3/h4-8,11H,1-3H3,(H,14,15). The molecule has 16 heavy (non-hydrogen) atoms. The normalized spacial score (nSPS) is 23.3. The molecule has 0 saturated heterocycles. The topological polar surface area (TPSA) is 46.5 Å². The second-order valence-electron chi connectivity index (χ2n) is 4.85. The molecule has 1 aromatic carbocycles. The van der Waals surface area contributed by atoms with Gasteiger partial charge in [-0.05, 0) is 19.9 Å². The molecular formula is C13H16O3. The molecule has 0 aromatic heterocycles. The summed E-state index contributed by atoms with van der Waals surface area (Å²) in [5.74, 6) is -0.510. The van der Waals surface area contributed by atoms with Crippen LogP contribution in [-0.4, -0.2) is 16.7 Å². The van der Waals surface area contributed by atoms with Crippen molar-refractivity contribution in [3.05, 3.63) is 29.8 Å². The minimum atomic E-state index is -0.779. The summed E-state index contributed by atoms with van der Waals surface area (Å²) in [6.07, 6.45) is 0. The Kier molecular flexibility index (Phi) is 2.41. The molecule has 0 aliphatic carbocycles. The lowest BCUT2D eigenvalue weighted by atomic mass is 9.78. The van der Waals surface area contributed by atoms with Gasteiger partial charge in [0.25, 0.3) is 0 Å². The maximum Gasteiger partial charge on any atom is 0.306 e. The van der Waals surface area contributed by atoms with E-state index >= 15 is 0 Å². The van der Waals surface area contributed by atoms with E-state index in [0.29, 0.717) is 0 Å². The Bertz CT molecular complexity index is 423. The molecule has 1 aliphatic rings. The van der Waals surface area contributed by atoms with Crippen LogP contribution in [0.5, 0.6) is 5.75 Å². The summed E-state index contributed by atoms with van der Waals surface area (Å²) in [7, 11) is 0. The monoisotopic (exact) mass is 220 g/mol. The van der Waals surface area contributed by atoms with E-state index < -0.39 is 17.5 Å². The van der Waals surface area contributed by atoms with Gasteiger partial charge in [0, 0.05) is 11.5 Å². The van der Waals surface area contributed by atoms with E-state index in [1.165, 1.54) is 0 Å². The van der Waals surface area contributed by atoms with Crippen LogP contribution in [0.25, 0.3) is 0 Å². The Labute approximate surface area is 95.0 Å². The van der Waals surface area contributed by atoms with Gasteiger partial charge < -0.3 is 9.84 Å². The number of hydrogen-bond donors (Lipinski definition) is 1. The van der Waals surface area contributed by atoms with Crippen LogP contribution in [-0.2, 0) is 4.79 Å². The number of carboxylic acids is 1. The van der Waals surface area contributed by atoms with Crippen LogP contribution in [0.4, 0.5) is 0 Å².